The van der Waals surface area contributed by atoms with Crippen LogP contribution in [0.3, 0.4) is 0 Å². The number of nitrogens with zero attached hydrogens (tertiary/aromatic N) is 2. The number of hydrogen-bond acceptors (Lipinski definition) is 4. The van der Waals surface area contributed by atoms with Crippen LogP contribution in [-0.2, 0) is 17.7 Å². The molecule has 2 atom stereocenters. The lowest BCUT2D eigenvalue weighted by molar-refractivity contribution is 0.0728. The lowest BCUT2D eigenvalue weighted by Gasteiger charge is -2.29. The molecule has 3 rings (SSSR count). The summed E-state index contributed by atoms with van der Waals surface area (Å²) < 4.78 is 5.34. The van der Waals surface area contributed by atoms with Crippen molar-refractivity contribution in [1.82, 2.24) is 9.80 Å². The zero-order chi connectivity index (χ0) is 14.3. The van der Waals surface area contributed by atoms with Gasteiger partial charge in [0.2, 0.25) is 0 Å². The van der Waals surface area contributed by atoms with E-state index < -0.39 is 0 Å². The molecule has 0 saturated carbocycles. The second-order valence-electron chi connectivity index (χ2n) is 5.92. The average molecular weight is 294 g/mol. The molecule has 20 heavy (non-hydrogen) atoms. The topological polar surface area (TPSA) is 32.8 Å². The Morgan fingerprint density at radius 1 is 1.50 bits per heavy atom. The van der Waals surface area contributed by atoms with Crippen LogP contribution in [0.15, 0.2) is 6.07 Å². The maximum Gasteiger partial charge on any atom is 0.264 e. The Morgan fingerprint density at radius 2 is 2.30 bits per heavy atom. The number of carbonyl (C=O) groups is 1. The third-order valence-electron chi connectivity index (χ3n) is 4.53. The number of likely N-dealkylation sites (tertiary alicyclic amines) is 1. The van der Waals surface area contributed by atoms with E-state index in [2.05, 4.69) is 24.9 Å². The van der Waals surface area contributed by atoms with Crippen molar-refractivity contribution in [2.24, 2.45) is 0 Å². The fourth-order valence-corrected chi connectivity index (χ4v) is 4.22. The molecule has 1 aromatic heterocycles. The van der Waals surface area contributed by atoms with E-state index in [1.165, 1.54) is 10.4 Å². The van der Waals surface area contributed by atoms with Gasteiger partial charge in [0.05, 0.1) is 11.0 Å². The summed E-state index contributed by atoms with van der Waals surface area (Å²) in [6.45, 7) is 4.76. The minimum Gasteiger partial charge on any atom is -0.380 e. The first-order chi connectivity index (χ1) is 9.58. The van der Waals surface area contributed by atoms with Crippen LogP contribution in [0.25, 0.3) is 0 Å². The molecule has 1 fully saturated rings. The monoisotopic (exact) mass is 294 g/mol. The SMILES string of the molecule is CO[C@@H]1CCN(C(=O)c2cc3c(s2)CN(C)C(C)C3)C1. The first kappa shape index (κ1) is 14.0. The van der Waals surface area contributed by atoms with E-state index in [-0.39, 0.29) is 12.0 Å². The van der Waals surface area contributed by atoms with Crippen molar-refractivity contribution >= 4 is 17.2 Å². The molecule has 0 aliphatic carbocycles. The largest absolute Gasteiger partial charge is 0.380 e. The maximum absolute atomic E-state index is 12.6. The van der Waals surface area contributed by atoms with Gasteiger partial charge >= 0.3 is 0 Å². The number of methoxy groups -OCH3 is 1. The Balaban J connectivity index is 1.75. The Bertz CT molecular complexity index is 486. The molecule has 0 spiro atoms. The summed E-state index contributed by atoms with van der Waals surface area (Å²) in [5.41, 5.74) is 1.37. The fourth-order valence-electron chi connectivity index (χ4n) is 3.00. The predicted octanol–water partition coefficient (Wildman–Crippen LogP) is 1.99. The van der Waals surface area contributed by atoms with Crippen molar-refractivity contribution in [3.63, 3.8) is 0 Å². The van der Waals surface area contributed by atoms with Crippen LogP contribution >= 0.6 is 11.3 Å². The molecule has 2 aliphatic heterocycles. The zero-order valence-corrected chi connectivity index (χ0v) is 13.2. The van der Waals surface area contributed by atoms with Gasteiger partial charge in [-0.1, -0.05) is 0 Å². The summed E-state index contributed by atoms with van der Waals surface area (Å²) in [6.07, 6.45) is 2.21. The number of rotatable bonds is 2. The van der Waals surface area contributed by atoms with Gasteiger partial charge in [0.25, 0.3) is 5.91 Å². The van der Waals surface area contributed by atoms with Crippen LogP contribution in [0.4, 0.5) is 0 Å². The molecular formula is C15H22N2O2S. The predicted molar refractivity (Wildman–Crippen MR) is 80.3 cm³/mol. The molecule has 5 heteroatoms. The van der Waals surface area contributed by atoms with Crippen LogP contribution in [0, 0.1) is 0 Å². The zero-order valence-electron chi connectivity index (χ0n) is 12.4. The van der Waals surface area contributed by atoms with E-state index in [0.717, 1.165) is 37.4 Å². The lowest BCUT2D eigenvalue weighted by Crippen LogP contribution is -2.34. The second-order valence-corrected chi connectivity index (χ2v) is 7.06. The first-order valence-corrected chi connectivity index (χ1v) is 8.04. The molecule has 4 nitrogen and oxygen atoms in total. The number of amides is 1. The van der Waals surface area contributed by atoms with Gasteiger partial charge in [0.15, 0.2) is 0 Å². The normalized spacial score (nSPS) is 26.9. The van der Waals surface area contributed by atoms with Crippen LogP contribution in [0.2, 0.25) is 0 Å². The Labute approximate surface area is 124 Å². The van der Waals surface area contributed by atoms with E-state index in [0.29, 0.717) is 6.04 Å². The van der Waals surface area contributed by atoms with Gasteiger partial charge in [-0.25, -0.2) is 0 Å². The van der Waals surface area contributed by atoms with E-state index in [4.69, 9.17) is 4.74 Å². The highest BCUT2D eigenvalue weighted by molar-refractivity contribution is 7.14. The van der Waals surface area contributed by atoms with Gasteiger partial charge in [-0.3, -0.25) is 9.69 Å². The smallest absolute Gasteiger partial charge is 0.264 e. The number of carbonyl (C=O) groups excluding carboxylic acids is 1. The Kier molecular flexibility index (Phi) is 3.84. The molecule has 1 aromatic rings. The van der Waals surface area contributed by atoms with Gasteiger partial charge in [0, 0.05) is 37.7 Å². The van der Waals surface area contributed by atoms with Crippen LogP contribution < -0.4 is 0 Å². The molecule has 0 radical (unpaired) electrons. The summed E-state index contributed by atoms with van der Waals surface area (Å²) in [6, 6.07) is 2.68. The maximum atomic E-state index is 12.6. The van der Waals surface area contributed by atoms with E-state index in [1.807, 2.05) is 4.90 Å². The van der Waals surface area contributed by atoms with Crippen molar-refractivity contribution in [2.45, 2.75) is 38.5 Å². The Morgan fingerprint density at radius 3 is 3.00 bits per heavy atom. The van der Waals surface area contributed by atoms with E-state index >= 15 is 0 Å². The minimum absolute atomic E-state index is 0.180. The molecule has 110 valence electrons. The molecule has 1 amide bonds. The van der Waals surface area contributed by atoms with E-state index in [9.17, 15) is 4.79 Å². The van der Waals surface area contributed by atoms with Gasteiger partial charge < -0.3 is 9.64 Å². The fraction of sp³-hybridized carbons (Fsp3) is 0.667. The quantitative estimate of drug-likeness (QED) is 0.836. The summed E-state index contributed by atoms with van der Waals surface area (Å²) >= 11 is 1.67. The third-order valence-corrected chi connectivity index (χ3v) is 5.68. The number of hydrogen-bond donors (Lipinski definition) is 0. The second kappa shape index (κ2) is 5.47. The van der Waals surface area contributed by atoms with Gasteiger partial charge in [-0.15, -0.1) is 11.3 Å². The van der Waals surface area contributed by atoms with Crippen molar-refractivity contribution in [1.29, 1.82) is 0 Å². The van der Waals surface area contributed by atoms with Crippen LogP contribution in [0.5, 0.6) is 0 Å². The number of thiophene rings is 1. The number of likely N-dealkylation sites (N-methyl/N-ethyl adjacent to an activating group) is 1. The summed E-state index contributed by atoms with van der Waals surface area (Å²) in [7, 11) is 3.87. The van der Waals surface area contributed by atoms with Crippen molar-refractivity contribution in [3.05, 3.63) is 21.4 Å². The molecule has 1 unspecified atom stereocenters. The molecular weight excluding hydrogens is 272 g/mol. The highest BCUT2D eigenvalue weighted by atomic mass is 32.1. The first-order valence-electron chi connectivity index (χ1n) is 7.22. The Hall–Kier alpha value is -0.910. The molecule has 0 bridgehead atoms. The molecule has 1 saturated heterocycles. The summed E-state index contributed by atoms with van der Waals surface area (Å²) in [4.78, 5) is 19.1. The minimum atomic E-state index is 0.180. The van der Waals surface area contributed by atoms with Crippen LogP contribution in [-0.4, -0.2) is 55.1 Å². The summed E-state index contributed by atoms with van der Waals surface area (Å²) in [5.74, 6) is 0.180. The molecule has 3 heterocycles. The third kappa shape index (κ3) is 2.50. The van der Waals surface area contributed by atoms with Gasteiger partial charge in [-0.05, 0) is 38.4 Å². The standard InChI is InChI=1S/C15H22N2O2S/c1-10-6-11-7-13(20-14(11)9-16(10)2)15(18)17-5-4-12(8-17)19-3/h7,10,12H,4-6,8-9H2,1-3H3/t10?,12-/m1/s1. The van der Waals surface area contributed by atoms with Crippen molar-refractivity contribution < 1.29 is 9.53 Å². The van der Waals surface area contributed by atoms with E-state index in [1.54, 1.807) is 18.4 Å². The van der Waals surface area contributed by atoms with Gasteiger partial charge in [-0.2, -0.15) is 0 Å². The van der Waals surface area contributed by atoms with Gasteiger partial charge in [0.1, 0.15) is 0 Å². The summed E-state index contributed by atoms with van der Waals surface area (Å²) in [5, 5.41) is 0. The number of fused-ring (bicyclic) bond motifs is 1. The highest BCUT2D eigenvalue weighted by Gasteiger charge is 2.29. The average Bonchev–Trinajstić information content (AvgIpc) is 3.05. The molecule has 2 aliphatic rings. The number of ether oxygens (including phenoxy) is 1. The molecule has 0 N–H and O–H groups in total. The van der Waals surface area contributed by atoms with Crippen molar-refractivity contribution in [2.75, 3.05) is 27.2 Å². The highest BCUT2D eigenvalue weighted by Crippen LogP contribution is 2.31. The van der Waals surface area contributed by atoms with Crippen molar-refractivity contribution in [3.8, 4) is 0 Å². The molecule has 0 aromatic carbocycles. The lowest BCUT2D eigenvalue weighted by atomic mass is 10.0. The van der Waals surface area contributed by atoms with Crippen LogP contribution in [0.1, 0.15) is 33.5 Å².